The molecule has 0 saturated carbocycles. The third-order valence-electron chi connectivity index (χ3n) is 4.98. The first-order valence-electron chi connectivity index (χ1n) is 9.51. The molecule has 26 heavy (non-hydrogen) atoms. The predicted octanol–water partition coefficient (Wildman–Crippen LogP) is 6.94. The second-order valence-electron chi connectivity index (χ2n) is 7.80. The third kappa shape index (κ3) is 7.03. The highest BCUT2D eigenvalue weighted by molar-refractivity contribution is 5.86. The molecule has 0 spiro atoms. The maximum Gasteiger partial charge on any atom is 0.331 e. The molecule has 0 bridgehead atoms. The Morgan fingerprint density at radius 2 is 1.77 bits per heavy atom. The van der Waals surface area contributed by atoms with Crippen molar-refractivity contribution in [2.24, 2.45) is 5.41 Å². The number of carboxylic acids is 1. The van der Waals surface area contributed by atoms with Gasteiger partial charge in [-0.2, -0.15) is 0 Å². The number of allylic oxidation sites excluding steroid dienone is 11. The summed E-state index contributed by atoms with van der Waals surface area (Å²) in [4.78, 5) is 11.0. The van der Waals surface area contributed by atoms with Gasteiger partial charge < -0.3 is 5.11 Å². The van der Waals surface area contributed by atoms with Gasteiger partial charge in [-0.25, -0.2) is 4.79 Å². The summed E-state index contributed by atoms with van der Waals surface area (Å²) in [5, 5.41) is 9.02. The molecule has 1 aliphatic carbocycles. The molecule has 2 heteroatoms. The summed E-state index contributed by atoms with van der Waals surface area (Å²) in [7, 11) is 0. The highest BCUT2D eigenvalue weighted by atomic mass is 16.4. The molecule has 0 saturated heterocycles. The maximum atomic E-state index is 11.0. The van der Waals surface area contributed by atoms with Crippen LogP contribution in [0.15, 0.2) is 70.4 Å². The second-order valence-corrected chi connectivity index (χ2v) is 7.80. The Bertz CT molecular complexity index is 692. The summed E-state index contributed by atoms with van der Waals surface area (Å²) in [5.41, 5.74) is 5.90. The van der Waals surface area contributed by atoms with Crippen LogP contribution in [-0.2, 0) is 4.79 Å². The quantitative estimate of drug-likeness (QED) is 0.397. The highest BCUT2D eigenvalue weighted by Gasteiger charge is 2.26. The maximum absolute atomic E-state index is 11.0. The molecule has 0 fully saturated rings. The van der Waals surface area contributed by atoms with Crippen molar-refractivity contribution in [1.29, 1.82) is 0 Å². The molecule has 0 aliphatic heterocycles. The zero-order valence-corrected chi connectivity index (χ0v) is 17.2. The lowest BCUT2D eigenvalue weighted by Crippen LogP contribution is -2.19. The first-order chi connectivity index (χ1) is 12.2. The number of aliphatic carboxylic acids is 1. The summed E-state index contributed by atoms with van der Waals surface area (Å²) < 4.78 is 0. The molecule has 0 atom stereocenters. The van der Waals surface area contributed by atoms with Gasteiger partial charge in [0.05, 0.1) is 0 Å². The second kappa shape index (κ2) is 10.2. The third-order valence-corrected chi connectivity index (χ3v) is 4.98. The van der Waals surface area contributed by atoms with Gasteiger partial charge in [-0.1, -0.05) is 80.0 Å². The number of rotatable bonds is 7. The van der Waals surface area contributed by atoms with Crippen LogP contribution in [0.2, 0.25) is 0 Å². The normalized spacial score (nSPS) is 19.7. The lowest BCUT2D eigenvalue weighted by atomic mass is 9.72. The molecule has 142 valence electrons. The molecule has 0 unspecified atom stereocenters. The minimum Gasteiger partial charge on any atom is -0.478 e. The van der Waals surface area contributed by atoms with E-state index >= 15 is 0 Å². The smallest absolute Gasteiger partial charge is 0.331 e. The zero-order chi connectivity index (χ0) is 19.7. The molecule has 0 heterocycles. The van der Waals surface area contributed by atoms with Gasteiger partial charge in [0.2, 0.25) is 0 Å². The minimum absolute atomic E-state index is 0.266. The van der Waals surface area contributed by atoms with Crippen molar-refractivity contribution in [2.45, 2.75) is 67.2 Å². The molecule has 0 amide bonds. The Balaban J connectivity index is 2.79. The van der Waals surface area contributed by atoms with Crippen LogP contribution in [0.1, 0.15) is 67.2 Å². The molecule has 0 radical (unpaired) electrons. The van der Waals surface area contributed by atoms with Crippen molar-refractivity contribution >= 4 is 5.97 Å². The van der Waals surface area contributed by atoms with Crippen LogP contribution in [-0.4, -0.2) is 11.1 Å². The van der Waals surface area contributed by atoms with Gasteiger partial charge in [-0.05, 0) is 57.4 Å². The SMILES string of the molecule is CCC(=CC=C(C)C=CC=C(C)C=CC1=C(C)CCCC1(C)C)C(=O)O. The summed E-state index contributed by atoms with van der Waals surface area (Å²) in [6.45, 7) is 12.8. The van der Waals surface area contributed by atoms with Crippen LogP contribution in [0.4, 0.5) is 0 Å². The average molecular weight is 355 g/mol. The van der Waals surface area contributed by atoms with E-state index in [1.807, 2.05) is 32.1 Å². The van der Waals surface area contributed by atoms with Crippen LogP contribution in [0.25, 0.3) is 0 Å². The molecule has 0 aromatic rings. The molecule has 0 aromatic heterocycles. The van der Waals surface area contributed by atoms with Crippen molar-refractivity contribution < 1.29 is 9.90 Å². The molecule has 1 N–H and O–H groups in total. The van der Waals surface area contributed by atoms with E-state index in [9.17, 15) is 4.79 Å². The van der Waals surface area contributed by atoms with Gasteiger partial charge >= 0.3 is 5.97 Å². The molecule has 1 aliphatic rings. The number of carbonyl (C=O) groups is 1. The lowest BCUT2D eigenvalue weighted by molar-refractivity contribution is -0.132. The van der Waals surface area contributed by atoms with Gasteiger partial charge in [0.15, 0.2) is 0 Å². The summed E-state index contributed by atoms with van der Waals surface area (Å²) in [6, 6.07) is 0. The zero-order valence-electron chi connectivity index (χ0n) is 17.2. The van der Waals surface area contributed by atoms with Crippen molar-refractivity contribution in [3.8, 4) is 0 Å². The standard InChI is InChI=1S/C24H34O2/c1-7-21(23(25)26)15-13-18(2)10-8-11-19(3)14-16-22-20(4)12-9-17-24(22,5)6/h8,10-11,13-16H,7,9,12,17H2,1-6H3,(H,25,26). The van der Waals surface area contributed by atoms with E-state index in [0.29, 0.717) is 12.0 Å². The monoisotopic (exact) mass is 354 g/mol. The molecule has 2 nitrogen and oxygen atoms in total. The summed E-state index contributed by atoms with van der Waals surface area (Å²) in [5.74, 6) is -0.850. The van der Waals surface area contributed by atoms with E-state index in [2.05, 4.69) is 45.9 Å². The van der Waals surface area contributed by atoms with Gasteiger partial charge in [0, 0.05) is 5.57 Å². The van der Waals surface area contributed by atoms with Crippen molar-refractivity contribution in [3.05, 3.63) is 70.4 Å². The Morgan fingerprint density at radius 1 is 1.12 bits per heavy atom. The molecule has 0 aromatic carbocycles. The number of hydrogen-bond donors (Lipinski definition) is 1. The molecule has 1 rings (SSSR count). The number of hydrogen-bond acceptors (Lipinski definition) is 1. The van der Waals surface area contributed by atoms with E-state index < -0.39 is 5.97 Å². The first kappa shape index (κ1) is 22.0. The first-order valence-corrected chi connectivity index (χ1v) is 9.51. The fourth-order valence-electron chi connectivity index (χ4n) is 3.26. The Kier molecular flexibility index (Phi) is 8.57. The van der Waals surface area contributed by atoms with Crippen molar-refractivity contribution in [1.82, 2.24) is 0 Å². The van der Waals surface area contributed by atoms with Crippen LogP contribution in [0, 0.1) is 5.41 Å². The minimum atomic E-state index is -0.850. The van der Waals surface area contributed by atoms with Crippen LogP contribution >= 0.6 is 0 Å². The number of carboxylic acid groups (broad SMARTS) is 1. The Morgan fingerprint density at radius 3 is 2.35 bits per heavy atom. The van der Waals surface area contributed by atoms with E-state index in [1.165, 1.54) is 36.0 Å². The average Bonchev–Trinajstić information content (AvgIpc) is 2.54. The van der Waals surface area contributed by atoms with Gasteiger partial charge in [-0.3, -0.25) is 0 Å². The van der Waals surface area contributed by atoms with Crippen molar-refractivity contribution in [2.75, 3.05) is 0 Å². The molecular formula is C24H34O2. The van der Waals surface area contributed by atoms with Gasteiger partial charge in [0.1, 0.15) is 0 Å². The Labute approximate surface area is 159 Å². The van der Waals surface area contributed by atoms with Crippen LogP contribution < -0.4 is 0 Å². The topological polar surface area (TPSA) is 37.3 Å². The molecular weight excluding hydrogens is 320 g/mol. The van der Waals surface area contributed by atoms with Crippen molar-refractivity contribution in [3.63, 3.8) is 0 Å². The van der Waals surface area contributed by atoms with E-state index in [4.69, 9.17) is 5.11 Å². The van der Waals surface area contributed by atoms with E-state index in [-0.39, 0.29) is 5.41 Å². The summed E-state index contributed by atoms with van der Waals surface area (Å²) in [6.07, 6.45) is 18.4. The Hall–Kier alpha value is -2.09. The van der Waals surface area contributed by atoms with Crippen LogP contribution in [0.3, 0.4) is 0 Å². The summed E-state index contributed by atoms with van der Waals surface area (Å²) >= 11 is 0. The van der Waals surface area contributed by atoms with E-state index in [1.54, 1.807) is 6.08 Å². The fraction of sp³-hybridized carbons (Fsp3) is 0.458. The fourth-order valence-corrected chi connectivity index (χ4v) is 3.26. The van der Waals surface area contributed by atoms with Gasteiger partial charge in [0.25, 0.3) is 0 Å². The predicted molar refractivity (Wildman–Crippen MR) is 112 cm³/mol. The lowest BCUT2D eigenvalue weighted by Gasteiger charge is -2.32. The van der Waals surface area contributed by atoms with E-state index in [0.717, 1.165) is 5.57 Å². The highest BCUT2D eigenvalue weighted by Crippen LogP contribution is 2.40. The van der Waals surface area contributed by atoms with Crippen LogP contribution in [0.5, 0.6) is 0 Å². The largest absolute Gasteiger partial charge is 0.478 e. The van der Waals surface area contributed by atoms with Gasteiger partial charge in [-0.15, -0.1) is 0 Å².